The standard InChI is InChI=1S/C13H12F3N3/c14-13(15,16)10-3-1-9(2-4-10)7-11(17)12-8-18-5-6-19-12/h1-6,8,11H,7,17H2. The van der Waals surface area contributed by atoms with E-state index in [1.807, 2.05) is 0 Å². The Morgan fingerprint density at radius 1 is 1.11 bits per heavy atom. The molecule has 19 heavy (non-hydrogen) atoms. The van der Waals surface area contributed by atoms with Gasteiger partial charge in [-0.2, -0.15) is 13.2 Å². The zero-order chi connectivity index (χ0) is 13.9. The molecular weight excluding hydrogens is 255 g/mol. The van der Waals surface area contributed by atoms with Crippen LogP contribution in [0.5, 0.6) is 0 Å². The number of nitrogens with zero attached hydrogens (tertiary/aromatic N) is 2. The minimum absolute atomic E-state index is 0.384. The zero-order valence-electron chi connectivity index (χ0n) is 9.93. The van der Waals surface area contributed by atoms with E-state index in [9.17, 15) is 13.2 Å². The first-order valence-electron chi connectivity index (χ1n) is 5.64. The molecule has 0 aliphatic rings. The number of rotatable bonds is 3. The Balaban J connectivity index is 2.08. The average molecular weight is 267 g/mol. The molecule has 2 aromatic rings. The fourth-order valence-electron chi connectivity index (χ4n) is 1.69. The first-order chi connectivity index (χ1) is 8.97. The van der Waals surface area contributed by atoms with Crippen molar-refractivity contribution in [2.75, 3.05) is 0 Å². The summed E-state index contributed by atoms with van der Waals surface area (Å²) in [4.78, 5) is 7.97. The van der Waals surface area contributed by atoms with E-state index in [0.717, 1.165) is 17.7 Å². The van der Waals surface area contributed by atoms with Gasteiger partial charge >= 0.3 is 6.18 Å². The first-order valence-corrected chi connectivity index (χ1v) is 5.64. The molecule has 0 fully saturated rings. The van der Waals surface area contributed by atoms with Gasteiger partial charge in [0, 0.05) is 18.6 Å². The Hall–Kier alpha value is -1.95. The maximum atomic E-state index is 12.4. The van der Waals surface area contributed by atoms with E-state index in [1.165, 1.54) is 24.5 Å². The summed E-state index contributed by atoms with van der Waals surface area (Å²) in [5, 5.41) is 0. The minimum atomic E-state index is -4.31. The summed E-state index contributed by atoms with van der Waals surface area (Å²) in [5.41, 5.74) is 6.60. The highest BCUT2D eigenvalue weighted by Gasteiger charge is 2.29. The van der Waals surface area contributed by atoms with E-state index in [4.69, 9.17) is 5.73 Å². The van der Waals surface area contributed by atoms with E-state index >= 15 is 0 Å². The molecule has 1 aromatic heterocycles. The molecule has 6 heteroatoms. The molecule has 1 unspecified atom stereocenters. The quantitative estimate of drug-likeness (QED) is 0.930. The van der Waals surface area contributed by atoms with Crippen molar-refractivity contribution in [2.45, 2.75) is 18.6 Å². The molecule has 2 N–H and O–H groups in total. The van der Waals surface area contributed by atoms with E-state index in [0.29, 0.717) is 12.1 Å². The van der Waals surface area contributed by atoms with Crippen LogP contribution >= 0.6 is 0 Å². The summed E-state index contributed by atoms with van der Waals surface area (Å²) in [5.74, 6) is 0. The van der Waals surface area contributed by atoms with Gasteiger partial charge in [0.2, 0.25) is 0 Å². The van der Waals surface area contributed by atoms with Crippen LogP contribution in [0, 0.1) is 0 Å². The molecule has 1 heterocycles. The van der Waals surface area contributed by atoms with Crippen LogP contribution in [0.4, 0.5) is 13.2 Å². The lowest BCUT2D eigenvalue weighted by Crippen LogP contribution is -2.15. The lowest BCUT2D eigenvalue weighted by Gasteiger charge is -2.11. The second-order valence-electron chi connectivity index (χ2n) is 4.14. The van der Waals surface area contributed by atoms with Gasteiger partial charge in [0.1, 0.15) is 0 Å². The molecule has 0 spiro atoms. The third-order valence-electron chi connectivity index (χ3n) is 2.70. The van der Waals surface area contributed by atoms with Gasteiger partial charge in [-0.1, -0.05) is 12.1 Å². The second-order valence-corrected chi connectivity index (χ2v) is 4.14. The van der Waals surface area contributed by atoms with Crippen molar-refractivity contribution < 1.29 is 13.2 Å². The molecule has 100 valence electrons. The topological polar surface area (TPSA) is 51.8 Å². The van der Waals surface area contributed by atoms with Gasteiger partial charge in [-0.05, 0) is 24.1 Å². The molecule has 1 atom stereocenters. The van der Waals surface area contributed by atoms with Crippen LogP contribution in [-0.2, 0) is 12.6 Å². The summed E-state index contributed by atoms with van der Waals surface area (Å²) in [6, 6.07) is 4.58. The van der Waals surface area contributed by atoms with E-state index in [2.05, 4.69) is 9.97 Å². The Kier molecular flexibility index (Phi) is 3.80. The maximum absolute atomic E-state index is 12.4. The van der Waals surface area contributed by atoms with Crippen LogP contribution in [0.1, 0.15) is 22.9 Å². The van der Waals surface area contributed by atoms with Gasteiger partial charge in [0.15, 0.2) is 0 Å². The fourth-order valence-corrected chi connectivity index (χ4v) is 1.69. The number of alkyl halides is 3. The van der Waals surface area contributed by atoms with Gasteiger partial charge in [0.05, 0.1) is 17.3 Å². The largest absolute Gasteiger partial charge is 0.416 e. The number of hydrogen-bond donors (Lipinski definition) is 1. The third kappa shape index (κ3) is 3.51. The number of nitrogens with two attached hydrogens (primary N) is 1. The molecule has 0 aliphatic heterocycles. The molecule has 0 saturated heterocycles. The Bertz CT molecular complexity index is 523. The summed E-state index contributed by atoms with van der Waals surface area (Å²) >= 11 is 0. The van der Waals surface area contributed by atoms with E-state index in [1.54, 1.807) is 6.20 Å². The normalized spacial score (nSPS) is 13.3. The first kappa shape index (κ1) is 13.5. The molecule has 2 rings (SSSR count). The molecule has 0 aliphatic carbocycles. The number of halogens is 3. The van der Waals surface area contributed by atoms with Gasteiger partial charge in [0.25, 0.3) is 0 Å². The predicted octanol–water partition coefficient (Wildman–Crippen LogP) is 2.74. The second kappa shape index (κ2) is 5.36. The van der Waals surface area contributed by atoms with Crippen LogP contribution in [0.25, 0.3) is 0 Å². The van der Waals surface area contributed by atoms with Gasteiger partial charge in [-0.3, -0.25) is 9.97 Å². The smallest absolute Gasteiger partial charge is 0.322 e. The lowest BCUT2D eigenvalue weighted by molar-refractivity contribution is -0.137. The van der Waals surface area contributed by atoms with Crippen LogP contribution in [0.3, 0.4) is 0 Å². The molecule has 0 radical (unpaired) electrons. The third-order valence-corrected chi connectivity index (χ3v) is 2.70. The molecule has 0 saturated carbocycles. The van der Waals surface area contributed by atoms with Crippen LogP contribution < -0.4 is 5.73 Å². The highest BCUT2D eigenvalue weighted by atomic mass is 19.4. The van der Waals surface area contributed by atoms with Crippen LogP contribution in [-0.4, -0.2) is 9.97 Å². The van der Waals surface area contributed by atoms with Gasteiger partial charge < -0.3 is 5.73 Å². The fraction of sp³-hybridized carbons (Fsp3) is 0.231. The van der Waals surface area contributed by atoms with Crippen molar-refractivity contribution in [3.63, 3.8) is 0 Å². The van der Waals surface area contributed by atoms with Crippen LogP contribution in [0.2, 0.25) is 0 Å². The number of aromatic nitrogens is 2. The lowest BCUT2D eigenvalue weighted by atomic mass is 10.0. The Morgan fingerprint density at radius 2 is 1.79 bits per heavy atom. The maximum Gasteiger partial charge on any atom is 0.416 e. The average Bonchev–Trinajstić information content (AvgIpc) is 2.39. The summed E-state index contributed by atoms with van der Waals surface area (Å²) in [6.07, 6.45) is 0.716. The van der Waals surface area contributed by atoms with Gasteiger partial charge in [-0.15, -0.1) is 0 Å². The number of hydrogen-bond acceptors (Lipinski definition) is 3. The van der Waals surface area contributed by atoms with Gasteiger partial charge in [-0.25, -0.2) is 0 Å². The minimum Gasteiger partial charge on any atom is -0.322 e. The van der Waals surface area contributed by atoms with Crippen molar-refractivity contribution in [1.29, 1.82) is 0 Å². The summed E-state index contributed by atoms with van der Waals surface area (Å²) in [7, 11) is 0. The summed E-state index contributed by atoms with van der Waals surface area (Å²) in [6.45, 7) is 0. The van der Waals surface area contributed by atoms with Crippen molar-refractivity contribution in [2.24, 2.45) is 5.73 Å². The highest BCUT2D eigenvalue weighted by molar-refractivity contribution is 5.25. The zero-order valence-corrected chi connectivity index (χ0v) is 9.93. The molecule has 0 bridgehead atoms. The summed E-state index contributed by atoms with van der Waals surface area (Å²) < 4.78 is 37.2. The van der Waals surface area contributed by atoms with Crippen molar-refractivity contribution in [3.05, 3.63) is 59.7 Å². The Morgan fingerprint density at radius 3 is 2.32 bits per heavy atom. The van der Waals surface area contributed by atoms with Crippen molar-refractivity contribution in [1.82, 2.24) is 9.97 Å². The Labute approximate surface area is 108 Å². The molecule has 0 amide bonds. The molecule has 1 aromatic carbocycles. The van der Waals surface area contributed by atoms with Crippen molar-refractivity contribution in [3.8, 4) is 0 Å². The van der Waals surface area contributed by atoms with E-state index in [-0.39, 0.29) is 6.04 Å². The molecular formula is C13H12F3N3. The predicted molar refractivity (Wildman–Crippen MR) is 64.1 cm³/mol. The van der Waals surface area contributed by atoms with Crippen LogP contribution in [0.15, 0.2) is 42.9 Å². The van der Waals surface area contributed by atoms with Crippen molar-refractivity contribution >= 4 is 0 Å². The SMILES string of the molecule is NC(Cc1ccc(C(F)(F)F)cc1)c1cnccn1. The monoisotopic (exact) mass is 267 g/mol. The highest BCUT2D eigenvalue weighted by Crippen LogP contribution is 2.29. The molecule has 3 nitrogen and oxygen atoms in total. The van der Waals surface area contributed by atoms with E-state index < -0.39 is 11.7 Å². The number of benzene rings is 1.